The van der Waals surface area contributed by atoms with Gasteiger partial charge in [0.05, 0.1) is 0 Å². The van der Waals surface area contributed by atoms with Gasteiger partial charge in [0.25, 0.3) is 0 Å². The Labute approximate surface area is 123 Å². The third-order valence-electron chi connectivity index (χ3n) is 3.65. The van der Waals surface area contributed by atoms with Gasteiger partial charge in [-0.05, 0) is 48.2 Å². The minimum Gasteiger partial charge on any atom is -0.385 e. The molecule has 0 saturated heterocycles. The zero-order chi connectivity index (χ0) is 13.2. The smallest absolute Gasteiger partial charge is 0.125 e. The SMILES string of the molecule is Cl.Fc1ccc(C2CCCNc3cc(F)ccc32)cc1. The van der Waals surface area contributed by atoms with Crippen LogP contribution in [0.4, 0.5) is 14.5 Å². The maximum Gasteiger partial charge on any atom is 0.125 e. The summed E-state index contributed by atoms with van der Waals surface area (Å²) in [6.45, 7) is 0.841. The number of hydrogen-bond donors (Lipinski definition) is 1. The average Bonchev–Trinajstić information content (AvgIpc) is 2.61. The van der Waals surface area contributed by atoms with Gasteiger partial charge < -0.3 is 5.32 Å². The molecule has 0 radical (unpaired) electrons. The van der Waals surface area contributed by atoms with Crippen molar-refractivity contribution in [1.29, 1.82) is 0 Å². The Morgan fingerprint density at radius 3 is 2.40 bits per heavy atom. The van der Waals surface area contributed by atoms with E-state index in [9.17, 15) is 8.78 Å². The van der Waals surface area contributed by atoms with Crippen molar-refractivity contribution < 1.29 is 8.78 Å². The molecular formula is C16H16ClF2N. The van der Waals surface area contributed by atoms with Crippen LogP contribution in [0.25, 0.3) is 0 Å². The van der Waals surface area contributed by atoms with Crippen LogP contribution in [0, 0.1) is 11.6 Å². The second kappa shape index (κ2) is 6.23. The molecule has 4 heteroatoms. The number of benzene rings is 2. The summed E-state index contributed by atoms with van der Waals surface area (Å²) in [7, 11) is 0. The molecule has 1 N–H and O–H groups in total. The predicted octanol–water partition coefficient (Wildman–Crippen LogP) is 4.72. The summed E-state index contributed by atoms with van der Waals surface area (Å²) in [6, 6.07) is 11.5. The normalized spacial score (nSPS) is 17.4. The molecule has 3 rings (SSSR count). The fourth-order valence-corrected chi connectivity index (χ4v) is 2.71. The van der Waals surface area contributed by atoms with Gasteiger partial charge in [0, 0.05) is 18.2 Å². The molecule has 0 fully saturated rings. The van der Waals surface area contributed by atoms with Crippen molar-refractivity contribution in [1.82, 2.24) is 0 Å². The van der Waals surface area contributed by atoms with Gasteiger partial charge in [-0.1, -0.05) is 18.2 Å². The summed E-state index contributed by atoms with van der Waals surface area (Å²) in [5, 5.41) is 3.26. The maximum atomic E-state index is 13.3. The molecular weight excluding hydrogens is 280 g/mol. The molecule has 0 spiro atoms. The van der Waals surface area contributed by atoms with Crippen molar-refractivity contribution in [2.75, 3.05) is 11.9 Å². The molecule has 1 aliphatic heterocycles. The van der Waals surface area contributed by atoms with Gasteiger partial charge in [0.1, 0.15) is 11.6 Å². The molecule has 1 nitrogen and oxygen atoms in total. The van der Waals surface area contributed by atoms with E-state index < -0.39 is 0 Å². The first kappa shape index (κ1) is 14.8. The number of rotatable bonds is 1. The third-order valence-corrected chi connectivity index (χ3v) is 3.65. The first-order chi connectivity index (χ1) is 9.24. The molecule has 2 aromatic carbocycles. The van der Waals surface area contributed by atoms with E-state index in [0.717, 1.165) is 36.2 Å². The maximum absolute atomic E-state index is 13.3. The Hall–Kier alpha value is -1.61. The van der Waals surface area contributed by atoms with Gasteiger partial charge in [-0.2, -0.15) is 0 Å². The summed E-state index contributed by atoms with van der Waals surface area (Å²) in [6.07, 6.45) is 2.00. The Morgan fingerprint density at radius 1 is 0.950 bits per heavy atom. The van der Waals surface area contributed by atoms with Crippen molar-refractivity contribution in [2.24, 2.45) is 0 Å². The second-order valence-electron chi connectivity index (χ2n) is 4.90. The summed E-state index contributed by atoms with van der Waals surface area (Å²) in [5.41, 5.74) is 3.02. The average molecular weight is 296 g/mol. The molecule has 20 heavy (non-hydrogen) atoms. The van der Waals surface area contributed by atoms with Gasteiger partial charge in [-0.15, -0.1) is 12.4 Å². The molecule has 0 saturated carbocycles. The van der Waals surface area contributed by atoms with E-state index in [4.69, 9.17) is 0 Å². The summed E-state index contributed by atoms with van der Waals surface area (Å²) in [5.74, 6) is -0.257. The van der Waals surface area contributed by atoms with Gasteiger partial charge in [0.2, 0.25) is 0 Å². The number of anilines is 1. The quantitative estimate of drug-likeness (QED) is 0.802. The molecule has 2 aromatic rings. The van der Waals surface area contributed by atoms with Crippen LogP contribution in [0.15, 0.2) is 42.5 Å². The van der Waals surface area contributed by atoms with E-state index in [2.05, 4.69) is 5.32 Å². The Bertz CT molecular complexity index is 584. The Morgan fingerprint density at radius 2 is 1.65 bits per heavy atom. The third kappa shape index (κ3) is 2.93. The molecule has 106 valence electrons. The lowest BCUT2D eigenvalue weighted by molar-refractivity contribution is 0.623. The number of hydrogen-bond acceptors (Lipinski definition) is 1. The molecule has 1 heterocycles. The van der Waals surface area contributed by atoms with Crippen LogP contribution >= 0.6 is 12.4 Å². The van der Waals surface area contributed by atoms with E-state index in [0.29, 0.717) is 0 Å². The van der Waals surface area contributed by atoms with E-state index in [1.165, 1.54) is 24.3 Å². The summed E-state index contributed by atoms with van der Waals surface area (Å²) in [4.78, 5) is 0. The number of nitrogens with one attached hydrogen (secondary N) is 1. The highest BCUT2D eigenvalue weighted by molar-refractivity contribution is 5.85. The topological polar surface area (TPSA) is 12.0 Å². The Kier molecular flexibility index (Phi) is 4.61. The molecule has 1 aliphatic rings. The lowest BCUT2D eigenvalue weighted by atomic mass is 9.87. The molecule has 0 aromatic heterocycles. The minimum atomic E-state index is -0.231. The van der Waals surface area contributed by atoms with Crippen molar-refractivity contribution in [2.45, 2.75) is 18.8 Å². The lowest BCUT2D eigenvalue weighted by Crippen LogP contribution is -2.02. The fraction of sp³-hybridized carbons (Fsp3) is 0.250. The van der Waals surface area contributed by atoms with Gasteiger partial charge in [-0.25, -0.2) is 8.78 Å². The zero-order valence-electron chi connectivity index (χ0n) is 10.9. The van der Waals surface area contributed by atoms with E-state index >= 15 is 0 Å². The molecule has 0 aliphatic carbocycles. The first-order valence-corrected chi connectivity index (χ1v) is 6.53. The van der Waals surface area contributed by atoms with Crippen molar-refractivity contribution in [3.8, 4) is 0 Å². The molecule has 0 amide bonds. The van der Waals surface area contributed by atoms with Crippen LogP contribution in [0.1, 0.15) is 29.9 Å². The summed E-state index contributed by atoms with van der Waals surface area (Å²) >= 11 is 0. The van der Waals surface area contributed by atoms with Gasteiger partial charge in [-0.3, -0.25) is 0 Å². The van der Waals surface area contributed by atoms with E-state index in [-0.39, 0.29) is 30.0 Å². The molecule has 1 atom stereocenters. The Balaban J connectivity index is 0.00000147. The van der Waals surface area contributed by atoms with Gasteiger partial charge in [0.15, 0.2) is 0 Å². The van der Waals surface area contributed by atoms with Crippen molar-refractivity contribution in [3.05, 3.63) is 65.2 Å². The minimum absolute atomic E-state index is 0. The monoisotopic (exact) mass is 295 g/mol. The summed E-state index contributed by atoms with van der Waals surface area (Å²) < 4.78 is 26.3. The van der Waals surface area contributed by atoms with Crippen LogP contribution in [-0.2, 0) is 0 Å². The van der Waals surface area contributed by atoms with E-state index in [1.807, 2.05) is 18.2 Å². The number of halogens is 3. The van der Waals surface area contributed by atoms with E-state index in [1.54, 1.807) is 0 Å². The zero-order valence-corrected chi connectivity index (χ0v) is 11.7. The highest BCUT2D eigenvalue weighted by atomic mass is 35.5. The predicted molar refractivity (Wildman–Crippen MR) is 79.6 cm³/mol. The van der Waals surface area contributed by atoms with Crippen molar-refractivity contribution >= 4 is 18.1 Å². The number of fused-ring (bicyclic) bond motifs is 1. The van der Waals surface area contributed by atoms with Crippen LogP contribution in [0.2, 0.25) is 0 Å². The highest BCUT2D eigenvalue weighted by Gasteiger charge is 2.20. The fourth-order valence-electron chi connectivity index (χ4n) is 2.71. The first-order valence-electron chi connectivity index (χ1n) is 6.53. The standard InChI is InChI=1S/C16H15F2N.ClH/c17-12-5-3-11(4-6-12)14-2-1-9-19-16-10-13(18)7-8-15(14)16;/h3-8,10,14,19H,1-2,9H2;1H. The molecule has 0 bridgehead atoms. The second-order valence-corrected chi connectivity index (χ2v) is 4.90. The molecule has 1 unspecified atom stereocenters. The largest absolute Gasteiger partial charge is 0.385 e. The highest BCUT2D eigenvalue weighted by Crippen LogP contribution is 2.36. The van der Waals surface area contributed by atoms with Crippen LogP contribution < -0.4 is 5.32 Å². The van der Waals surface area contributed by atoms with Crippen LogP contribution in [0.3, 0.4) is 0 Å². The van der Waals surface area contributed by atoms with Gasteiger partial charge >= 0.3 is 0 Å². The van der Waals surface area contributed by atoms with Crippen molar-refractivity contribution in [3.63, 3.8) is 0 Å². The van der Waals surface area contributed by atoms with Crippen LogP contribution in [0.5, 0.6) is 0 Å². The van der Waals surface area contributed by atoms with Crippen LogP contribution in [-0.4, -0.2) is 6.54 Å². The lowest BCUT2D eigenvalue weighted by Gasteiger charge is -2.18.